The largest absolute Gasteiger partial charge is 0.466 e. The molecule has 6 heteroatoms. The summed E-state index contributed by atoms with van der Waals surface area (Å²) >= 11 is 0. The predicted octanol–water partition coefficient (Wildman–Crippen LogP) is 23.1. The van der Waals surface area contributed by atoms with Crippen LogP contribution in [0.15, 0.2) is 12.2 Å². The van der Waals surface area contributed by atoms with Crippen LogP contribution >= 0.6 is 0 Å². The zero-order chi connectivity index (χ0) is 56.4. The van der Waals surface area contributed by atoms with Crippen LogP contribution in [0.2, 0.25) is 0 Å². The lowest BCUT2D eigenvalue weighted by molar-refractivity contribution is -0.143. The number of hydrogen-bond donors (Lipinski definition) is 3. The molecule has 0 fully saturated rings. The van der Waals surface area contributed by atoms with E-state index in [-0.39, 0.29) is 18.5 Å². The highest BCUT2D eigenvalue weighted by Gasteiger charge is 2.20. The van der Waals surface area contributed by atoms with E-state index in [0.717, 1.165) is 38.5 Å². The molecule has 0 saturated carbocycles. The third-order valence-electron chi connectivity index (χ3n) is 17.1. The summed E-state index contributed by atoms with van der Waals surface area (Å²) < 4.78 is 5.51. The molecule has 0 bridgehead atoms. The van der Waals surface area contributed by atoms with E-state index in [1.165, 1.54) is 340 Å². The molecule has 1 amide bonds. The zero-order valence-electron chi connectivity index (χ0n) is 53.2. The molecule has 0 radical (unpaired) electrons. The van der Waals surface area contributed by atoms with Crippen LogP contribution in [0.25, 0.3) is 0 Å². The second kappa shape index (κ2) is 68.1. The molecule has 0 aromatic rings. The van der Waals surface area contributed by atoms with Crippen molar-refractivity contribution in [3.63, 3.8) is 0 Å². The van der Waals surface area contributed by atoms with Crippen molar-refractivity contribution in [2.24, 2.45) is 0 Å². The van der Waals surface area contributed by atoms with Crippen molar-refractivity contribution in [2.75, 3.05) is 13.2 Å². The molecule has 2 unspecified atom stereocenters. The summed E-state index contributed by atoms with van der Waals surface area (Å²) in [6, 6.07) is -0.546. The first-order valence-electron chi connectivity index (χ1n) is 35.9. The molecule has 2 atom stereocenters. The molecule has 0 aliphatic rings. The number of esters is 1. The number of carbonyl (C=O) groups is 2. The molecule has 0 aromatic heterocycles. The van der Waals surface area contributed by atoms with Gasteiger partial charge >= 0.3 is 5.97 Å². The molecule has 0 rings (SSSR count). The first-order valence-corrected chi connectivity index (χ1v) is 35.9. The molecule has 0 aliphatic carbocycles. The molecule has 78 heavy (non-hydrogen) atoms. The number of rotatable bonds is 68. The first-order chi connectivity index (χ1) is 38.5. The van der Waals surface area contributed by atoms with Crippen molar-refractivity contribution in [3.8, 4) is 0 Å². The first kappa shape index (κ1) is 76.6. The fourth-order valence-corrected chi connectivity index (χ4v) is 11.6. The van der Waals surface area contributed by atoms with Gasteiger partial charge < -0.3 is 20.3 Å². The number of aliphatic hydroxyl groups is 2. The van der Waals surface area contributed by atoms with Crippen molar-refractivity contribution in [3.05, 3.63) is 12.2 Å². The van der Waals surface area contributed by atoms with Gasteiger partial charge in [0.15, 0.2) is 0 Å². The Morgan fingerprint density at radius 2 is 0.603 bits per heavy atom. The molecule has 0 aliphatic heterocycles. The highest BCUT2D eigenvalue weighted by molar-refractivity contribution is 5.76. The van der Waals surface area contributed by atoms with Gasteiger partial charge in [-0.05, 0) is 51.4 Å². The summed E-state index contributed by atoms with van der Waals surface area (Å²) in [4.78, 5) is 24.7. The molecule has 6 nitrogen and oxygen atoms in total. The van der Waals surface area contributed by atoms with E-state index in [0.29, 0.717) is 25.9 Å². The Morgan fingerprint density at radius 3 is 0.910 bits per heavy atom. The number of amides is 1. The second-order valence-electron chi connectivity index (χ2n) is 24.9. The lowest BCUT2D eigenvalue weighted by Crippen LogP contribution is -2.45. The van der Waals surface area contributed by atoms with Gasteiger partial charge in [0.1, 0.15) is 0 Å². The monoisotopic (exact) mass is 1100 g/mol. The SMILES string of the molecule is CCCCCCCCCCCCCCCCCCCCCC(=O)OCCCCCCCCCCCCCC/C=C\CCCCCCCCCC(=O)NC(CO)C(O)CCCCCCCCCCCCCCCCCCCCC. The lowest BCUT2D eigenvalue weighted by atomic mass is 10.0. The number of hydrogen-bond acceptors (Lipinski definition) is 5. The number of aliphatic hydroxyl groups excluding tert-OH is 2. The smallest absolute Gasteiger partial charge is 0.305 e. The third-order valence-corrected chi connectivity index (χ3v) is 17.1. The Bertz CT molecular complexity index is 1180. The minimum Gasteiger partial charge on any atom is -0.466 e. The molecule has 464 valence electrons. The minimum absolute atomic E-state index is 0.0176. The number of allylic oxidation sites excluding steroid dienone is 2. The van der Waals surface area contributed by atoms with Gasteiger partial charge in [-0.1, -0.05) is 360 Å². The van der Waals surface area contributed by atoms with Gasteiger partial charge in [-0.15, -0.1) is 0 Å². The second-order valence-corrected chi connectivity index (χ2v) is 24.9. The summed E-state index contributed by atoms with van der Waals surface area (Å²) in [5.41, 5.74) is 0. The van der Waals surface area contributed by atoms with Gasteiger partial charge in [0, 0.05) is 12.8 Å². The summed E-state index contributed by atoms with van der Waals surface area (Å²) in [5, 5.41) is 23.4. The van der Waals surface area contributed by atoms with Crippen LogP contribution in [0.3, 0.4) is 0 Å². The number of ether oxygens (including phenoxy) is 1. The highest BCUT2D eigenvalue weighted by Crippen LogP contribution is 2.19. The Balaban J connectivity index is 3.38. The van der Waals surface area contributed by atoms with E-state index in [2.05, 4.69) is 31.3 Å². The lowest BCUT2D eigenvalue weighted by Gasteiger charge is -2.22. The van der Waals surface area contributed by atoms with Crippen LogP contribution in [0, 0.1) is 0 Å². The minimum atomic E-state index is -0.668. The Morgan fingerprint density at radius 1 is 0.346 bits per heavy atom. The van der Waals surface area contributed by atoms with E-state index in [4.69, 9.17) is 4.74 Å². The van der Waals surface area contributed by atoms with Gasteiger partial charge in [0.2, 0.25) is 5.91 Å². The van der Waals surface area contributed by atoms with E-state index in [1.54, 1.807) is 0 Å². The Labute approximate surface area is 489 Å². The van der Waals surface area contributed by atoms with Crippen molar-refractivity contribution < 1.29 is 24.5 Å². The molecular formula is C72H141NO5. The molecule has 0 spiro atoms. The van der Waals surface area contributed by atoms with Crippen LogP contribution < -0.4 is 5.32 Å². The zero-order valence-corrected chi connectivity index (χ0v) is 53.2. The van der Waals surface area contributed by atoms with Crippen LogP contribution in [0.1, 0.15) is 412 Å². The molecule has 0 heterocycles. The quantitative estimate of drug-likeness (QED) is 0.0320. The molecular weight excluding hydrogens is 959 g/mol. The van der Waals surface area contributed by atoms with Gasteiger partial charge in [-0.25, -0.2) is 0 Å². The number of nitrogens with one attached hydrogen (secondary N) is 1. The van der Waals surface area contributed by atoms with E-state index >= 15 is 0 Å². The fourth-order valence-electron chi connectivity index (χ4n) is 11.6. The van der Waals surface area contributed by atoms with Crippen molar-refractivity contribution in [1.82, 2.24) is 5.32 Å². The van der Waals surface area contributed by atoms with Gasteiger partial charge in [-0.2, -0.15) is 0 Å². The van der Waals surface area contributed by atoms with Crippen LogP contribution in [0.4, 0.5) is 0 Å². The summed E-state index contributed by atoms with van der Waals surface area (Å²) in [7, 11) is 0. The van der Waals surface area contributed by atoms with Gasteiger partial charge in [0.25, 0.3) is 0 Å². The van der Waals surface area contributed by atoms with E-state index < -0.39 is 12.1 Å². The van der Waals surface area contributed by atoms with Crippen molar-refractivity contribution >= 4 is 11.9 Å². The van der Waals surface area contributed by atoms with Gasteiger partial charge in [0.05, 0.1) is 25.4 Å². The maximum absolute atomic E-state index is 12.5. The average molecular weight is 1100 g/mol. The van der Waals surface area contributed by atoms with Crippen LogP contribution in [-0.2, 0) is 14.3 Å². The normalized spacial score (nSPS) is 12.5. The standard InChI is InChI=1S/C72H141NO5/c1-3-5-7-9-11-13-15-17-19-21-28-32-36-40-44-48-52-56-60-64-70(75)69(68-74)73-71(76)65-61-57-53-49-45-41-37-33-30-26-24-23-25-27-31-35-39-43-47-51-55-59-63-67-78-72(77)66-62-58-54-50-46-42-38-34-29-22-20-18-16-14-12-10-8-6-4-2/h26,30,69-70,74-75H,3-25,27-29,31-68H2,1-2H3,(H,73,76)/b30-26-. The molecule has 3 N–H and O–H groups in total. The van der Waals surface area contributed by atoms with Crippen LogP contribution in [0.5, 0.6) is 0 Å². The van der Waals surface area contributed by atoms with E-state index in [9.17, 15) is 19.8 Å². The average Bonchev–Trinajstić information content (AvgIpc) is 3.44. The summed E-state index contributed by atoms with van der Waals surface area (Å²) in [6.45, 7) is 5.00. The van der Waals surface area contributed by atoms with E-state index in [1.807, 2.05) is 0 Å². The summed E-state index contributed by atoms with van der Waals surface area (Å²) in [6.07, 6.45) is 84.0. The summed E-state index contributed by atoms with van der Waals surface area (Å²) in [5.74, 6) is -0.0193. The van der Waals surface area contributed by atoms with Gasteiger partial charge in [-0.3, -0.25) is 9.59 Å². The molecule has 0 aromatic carbocycles. The topological polar surface area (TPSA) is 95.9 Å². The number of unbranched alkanes of at least 4 members (excludes halogenated alkanes) is 55. The number of carbonyl (C=O) groups excluding carboxylic acids is 2. The fraction of sp³-hybridized carbons (Fsp3) is 0.944. The van der Waals surface area contributed by atoms with Crippen molar-refractivity contribution in [2.45, 2.75) is 424 Å². The highest BCUT2D eigenvalue weighted by atomic mass is 16.5. The maximum atomic E-state index is 12.5. The Hall–Kier alpha value is -1.40. The Kier molecular flexibility index (Phi) is 66.9. The molecule has 0 saturated heterocycles. The maximum Gasteiger partial charge on any atom is 0.305 e. The third kappa shape index (κ3) is 63.8. The predicted molar refractivity (Wildman–Crippen MR) is 343 cm³/mol. The van der Waals surface area contributed by atoms with Crippen LogP contribution in [-0.4, -0.2) is 47.4 Å². The van der Waals surface area contributed by atoms with Crippen molar-refractivity contribution in [1.29, 1.82) is 0 Å².